The van der Waals surface area contributed by atoms with Gasteiger partial charge in [-0.3, -0.25) is 0 Å². The molecule has 0 saturated carbocycles. The van der Waals surface area contributed by atoms with Crippen LogP contribution in [-0.2, 0) is 6.61 Å². The van der Waals surface area contributed by atoms with Gasteiger partial charge in [-0.1, -0.05) is 29.8 Å². The third-order valence-electron chi connectivity index (χ3n) is 2.01. The largest absolute Gasteiger partial charge is 0.476 e. The van der Waals surface area contributed by atoms with Crippen molar-refractivity contribution < 1.29 is 19.1 Å². The molecule has 2 aromatic rings. The minimum Gasteiger partial charge on any atom is -0.476 e. The summed E-state index contributed by atoms with van der Waals surface area (Å²) in [4.78, 5) is 14.2. The van der Waals surface area contributed by atoms with E-state index in [1.807, 2.05) is 6.07 Å². The molecule has 0 aliphatic heterocycles. The third-order valence-corrected chi connectivity index (χ3v) is 2.38. The molecule has 0 atom stereocenters. The number of hydrogen-bond donors (Lipinski definition) is 1. The van der Waals surface area contributed by atoms with E-state index >= 15 is 0 Å². The average molecular weight is 254 g/mol. The molecule has 0 aliphatic rings. The lowest BCUT2D eigenvalue weighted by molar-refractivity contribution is 0.0690. The Morgan fingerprint density at radius 2 is 2.24 bits per heavy atom. The van der Waals surface area contributed by atoms with Crippen LogP contribution in [0, 0.1) is 0 Å². The van der Waals surface area contributed by atoms with E-state index in [1.165, 1.54) is 0 Å². The van der Waals surface area contributed by atoms with Crippen LogP contribution in [0.1, 0.15) is 16.1 Å². The summed E-state index contributed by atoms with van der Waals surface area (Å²) in [6, 6.07) is 7.16. The van der Waals surface area contributed by atoms with Crippen LogP contribution in [0.4, 0.5) is 0 Å². The number of hydrogen-bond acceptors (Lipinski definition) is 4. The summed E-state index contributed by atoms with van der Waals surface area (Å²) in [7, 11) is 0. The Morgan fingerprint density at radius 3 is 2.88 bits per heavy atom. The predicted molar refractivity (Wildman–Crippen MR) is 59.2 cm³/mol. The maximum absolute atomic E-state index is 10.5. The number of carbonyl (C=O) groups is 1. The first-order valence-corrected chi connectivity index (χ1v) is 5.09. The number of halogens is 1. The molecule has 1 aromatic heterocycles. The lowest BCUT2D eigenvalue weighted by atomic mass is 10.2. The minimum atomic E-state index is -1.17. The summed E-state index contributed by atoms with van der Waals surface area (Å²) in [5.41, 5.74) is 0.573. The third kappa shape index (κ3) is 2.76. The number of benzene rings is 1. The van der Waals surface area contributed by atoms with Crippen molar-refractivity contribution in [3.63, 3.8) is 0 Å². The van der Waals surface area contributed by atoms with Crippen LogP contribution in [0.3, 0.4) is 0 Å². The fourth-order valence-corrected chi connectivity index (χ4v) is 1.37. The van der Waals surface area contributed by atoms with Gasteiger partial charge in [0.15, 0.2) is 5.69 Å². The zero-order chi connectivity index (χ0) is 12.3. The molecular weight excluding hydrogens is 246 g/mol. The van der Waals surface area contributed by atoms with Crippen molar-refractivity contribution in [2.45, 2.75) is 6.61 Å². The van der Waals surface area contributed by atoms with Crippen LogP contribution in [0.2, 0.25) is 5.02 Å². The molecular formula is C11H8ClNO4. The molecule has 0 spiro atoms. The van der Waals surface area contributed by atoms with Gasteiger partial charge in [-0.25, -0.2) is 4.79 Å². The Kier molecular flexibility index (Phi) is 3.30. The van der Waals surface area contributed by atoms with Gasteiger partial charge < -0.3 is 14.3 Å². The van der Waals surface area contributed by atoms with Crippen LogP contribution in [-0.4, -0.2) is 16.1 Å². The van der Waals surface area contributed by atoms with Gasteiger partial charge in [0.1, 0.15) is 12.9 Å². The lowest BCUT2D eigenvalue weighted by Gasteiger charge is -2.03. The molecule has 1 heterocycles. The standard InChI is InChI=1S/C11H8ClNO4/c12-8-4-2-1-3-7(8)5-16-11-13-9(6-17-11)10(14)15/h1-4,6H,5H2,(H,14,15). The summed E-state index contributed by atoms with van der Waals surface area (Å²) in [6.07, 6.45) is 0.923. The molecule has 0 fully saturated rings. The van der Waals surface area contributed by atoms with Gasteiger partial charge >= 0.3 is 12.0 Å². The zero-order valence-corrected chi connectivity index (χ0v) is 9.35. The number of carboxylic acids is 1. The van der Waals surface area contributed by atoms with Crippen molar-refractivity contribution in [3.8, 4) is 6.08 Å². The highest BCUT2D eigenvalue weighted by Crippen LogP contribution is 2.18. The summed E-state index contributed by atoms with van der Waals surface area (Å²) in [5, 5.41) is 9.20. The summed E-state index contributed by atoms with van der Waals surface area (Å²) < 4.78 is 10.0. The van der Waals surface area contributed by atoms with Gasteiger partial charge in [0.05, 0.1) is 0 Å². The molecule has 5 nitrogen and oxygen atoms in total. The van der Waals surface area contributed by atoms with E-state index in [4.69, 9.17) is 25.9 Å². The molecule has 0 unspecified atom stereocenters. The smallest absolute Gasteiger partial charge is 0.394 e. The highest BCUT2D eigenvalue weighted by Gasteiger charge is 2.11. The molecule has 88 valence electrons. The van der Waals surface area contributed by atoms with Crippen molar-refractivity contribution in [3.05, 3.63) is 46.8 Å². The van der Waals surface area contributed by atoms with Gasteiger partial charge in [0.25, 0.3) is 0 Å². The Hall–Kier alpha value is -2.01. The van der Waals surface area contributed by atoms with E-state index in [1.54, 1.807) is 18.2 Å². The van der Waals surface area contributed by atoms with E-state index in [0.29, 0.717) is 5.02 Å². The highest BCUT2D eigenvalue weighted by atomic mass is 35.5. The van der Waals surface area contributed by atoms with Crippen LogP contribution in [0.25, 0.3) is 0 Å². The molecule has 0 saturated heterocycles. The first-order chi connectivity index (χ1) is 8.16. The lowest BCUT2D eigenvalue weighted by Crippen LogP contribution is -1.98. The van der Waals surface area contributed by atoms with E-state index in [-0.39, 0.29) is 18.4 Å². The van der Waals surface area contributed by atoms with Crippen molar-refractivity contribution in [1.29, 1.82) is 0 Å². The van der Waals surface area contributed by atoms with Gasteiger partial charge in [0.2, 0.25) is 0 Å². The minimum absolute atomic E-state index is 0.0951. The number of oxazole rings is 1. The SMILES string of the molecule is O=C(O)c1coc(OCc2ccccc2Cl)n1. The average Bonchev–Trinajstić information content (AvgIpc) is 2.77. The highest BCUT2D eigenvalue weighted by molar-refractivity contribution is 6.31. The van der Waals surface area contributed by atoms with Crippen molar-refractivity contribution in [1.82, 2.24) is 4.98 Å². The second-order valence-electron chi connectivity index (χ2n) is 3.18. The molecule has 0 aliphatic carbocycles. The van der Waals surface area contributed by atoms with Crippen molar-refractivity contribution >= 4 is 17.6 Å². The quantitative estimate of drug-likeness (QED) is 0.907. The van der Waals surface area contributed by atoms with Crippen LogP contribution in [0.5, 0.6) is 6.08 Å². The van der Waals surface area contributed by atoms with E-state index in [0.717, 1.165) is 11.8 Å². The molecule has 6 heteroatoms. The fraction of sp³-hybridized carbons (Fsp3) is 0.0909. The second-order valence-corrected chi connectivity index (χ2v) is 3.59. The molecule has 0 amide bonds. The number of ether oxygens (including phenoxy) is 1. The fourth-order valence-electron chi connectivity index (χ4n) is 1.18. The van der Waals surface area contributed by atoms with Gasteiger partial charge in [0, 0.05) is 10.6 Å². The van der Waals surface area contributed by atoms with Crippen LogP contribution in [0.15, 0.2) is 34.9 Å². The van der Waals surface area contributed by atoms with Gasteiger partial charge in [-0.2, -0.15) is 4.98 Å². The number of carboxylic acid groups (broad SMARTS) is 1. The van der Waals surface area contributed by atoms with Crippen molar-refractivity contribution in [2.24, 2.45) is 0 Å². The van der Waals surface area contributed by atoms with Crippen LogP contribution < -0.4 is 4.74 Å². The van der Waals surface area contributed by atoms with Gasteiger partial charge in [-0.05, 0) is 6.07 Å². The molecule has 0 bridgehead atoms. The van der Waals surface area contributed by atoms with Crippen LogP contribution >= 0.6 is 11.6 Å². The van der Waals surface area contributed by atoms with E-state index < -0.39 is 5.97 Å². The zero-order valence-electron chi connectivity index (χ0n) is 8.59. The monoisotopic (exact) mass is 253 g/mol. The number of rotatable bonds is 4. The normalized spacial score (nSPS) is 10.2. The molecule has 0 radical (unpaired) electrons. The summed E-state index contributed by atoms with van der Waals surface area (Å²) >= 11 is 5.92. The first kappa shape index (κ1) is 11.5. The Bertz CT molecular complexity index is 538. The number of aromatic nitrogens is 1. The number of nitrogens with zero attached hydrogens (tertiary/aromatic N) is 1. The Morgan fingerprint density at radius 1 is 1.47 bits per heavy atom. The maximum atomic E-state index is 10.5. The van der Waals surface area contributed by atoms with Crippen molar-refractivity contribution in [2.75, 3.05) is 0 Å². The predicted octanol–water partition coefficient (Wildman–Crippen LogP) is 2.61. The molecule has 1 aromatic carbocycles. The molecule has 2 rings (SSSR count). The second kappa shape index (κ2) is 4.88. The maximum Gasteiger partial charge on any atom is 0.394 e. The summed E-state index contributed by atoms with van der Waals surface area (Å²) in [5.74, 6) is -1.17. The topological polar surface area (TPSA) is 72.6 Å². The van der Waals surface area contributed by atoms with E-state index in [9.17, 15) is 4.79 Å². The molecule has 17 heavy (non-hydrogen) atoms. The van der Waals surface area contributed by atoms with Gasteiger partial charge in [-0.15, -0.1) is 0 Å². The van der Waals surface area contributed by atoms with E-state index in [2.05, 4.69) is 4.98 Å². The molecule has 1 N–H and O–H groups in total. The Labute approximate surface area is 102 Å². The Balaban J connectivity index is 2.02. The summed E-state index contributed by atoms with van der Waals surface area (Å²) in [6.45, 7) is 0.166. The first-order valence-electron chi connectivity index (χ1n) is 4.72. The number of aromatic carboxylic acids is 1.